The lowest BCUT2D eigenvalue weighted by molar-refractivity contribution is -0.0534. The lowest BCUT2D eigenvalue weighted by atomic mass is 9.85. The molecule has 2 aliphatic heterocycles. The molecule has 10 nitrogen and oxygen atoms in total. The molecule has 1 N–H and O–H groups in total. The van der Waals surface area contributed by atoms with Crippen LogP contribution in [0.4, 0.5) is 5.69 Å². The molecule has 4 atom stereocenters. The van der Waals surface area contributed by atoms with Gasteiger partial charge in [0.2, 0.25) is 10.0 Å². The summed E-state index contributed by atoms with van der Waals surface area (Å²) in [4.78, 5) is 2.50. The summed E-state index contributed by atoms with van der Waals surface area (Å²) in [5.41, 5.74) is 4.84. The molecule has 0 aromatic heterocycles. The van der Waals surface area contributed by atoms with Crippen molar-refractivity contribution in [2.45, 2.75) is 63.4 Å². The van der Waals surface area contributed by atoms with Crippen LogP contribution >= 0.6 is 0 Å². The number of nitrogens with zero attached hydrogens (tertiary/aromatic N) is 2. The van der Waals surface area contributed by atoms with Gasteiger partial charge in [0.1, 0.15) is 12.4 Å². The van der Waals surface area contributed by atoms with Crippen molar-refractivity contribution in [3.05, 3.63) is 89.0 Å². The Balaban J connectivity index is 1.34. The van der Waals surface area contributed by atoms with E-state index >= 15 is 0 Å². The third-order valence-electron chi connectivity index (χ3n) is 9.11. The standard InChI is InChI=1S/C38H52N2O8S/c1-5-45-24-29(3)25-46-26-30-9-12-32(13-10-30)38-35(41)22-40(49(42,43)33-14-7-28(2)8-15-33)23-37(38)48-27-31-11-16-36-34(21-31)39(18-20-47-36)17-6-19-44-4/h7-16,21,29,35,37-38,41H,5-6,17-20,22-27H2,1-4H3/t29-,35+,37-,38-/m0/s1. The van der Waals surface area contributed by atoms with Gasteiger partial charge in [-0.15, -0.1) is 0 Å². The predicted octanol–water partition coefficient (Wildman–Crippen LogP) is 5.15. The van der Waals surface area contributed by atoms with Crippen molar-refractivity contribution in [3.8, 4) is 5.75 Å². The Morgan fingerprint density at radius 1 is 0.959 bits per heavy atom. The van der Waals surface area contributed by atoms with Crippen LogP contribution in [-0.2, 0) is 42.2 Å². The van der Waals surface area contributed by atoms with Crippen molar-refractivity contribution in [1.29, 1.82) is 0 Å². The van der Waals surface area contributed by atoms with Crippen LogP contribution < -0.4 is 9.64 Å². The number of hydrogen-bond acceptors (Lipinski definition) is 9. The first-order valence-electron chi connectivity index (χ1n) is 17.3. The Morgan fingerprint density at radius 3 is 2.43 bits per heavy atom. The number of aryl methyl sites for hydroxylation is 1. The number of hydrogen-bond donors (Lipinski definition) is 1. The monoisotopic (exact) mass is 696 g/mol. The highest BCUT2D eigenvalue weighted by Gasteiger charge is 2.42. The smallest absolute Gasteiger partial charge is 0.243 e. The number of piperidine rings is 1. The van der Waals surface area contributed by atoms with Crippen LogP contribution in [0.15, 0.2) is 71.6 Å². The molecule has 5 rings (SSSR count). The number of aliphatic hydroxyl groups is 1. The van der Waals surface area contributed by atoms with Crippen molar-refractivity contribution in [1.82, 2.24) is 4.31 Å². The second-order valence-electron chi connectivity index (χ2n) is 13.1. The summed E-state index contributed by atoms with van der Waals surface area (Å²) in [5, 5.41) is 11.6. The molecule has 268 valence electrons. The number of sulfonamides is 1. The molecule has 3 aromatic carbocycles. The van der Waals surface area contributed by atoms with Gasteiger partial charge >= 0.3 is 0 Å². The molecule has 2 heterocycles. The van der Waals surface area contributed by atoms with Crippen molar-refractivity contribution >= 4 is 15.7 Å². The van der Waals surface area contributed by atoms with Crippen LogP contribution in [0.5, 0.6) is 5.75 Å². The highest BCUT2D eigenvalue weighted by Crippen LogP contribution is 2.36. The molecule has 0 unspecified atom stereocenters. The van der Waals surface area contributed by atoms with E-state index in [0.717, 1.165) is 53.2 Å². The van der Waals surface area contributed by atoms with Crippen LogP contribution in [0.25, 0.3) is 0 Å². The maximum atomic E-state index is 13.8. The fraction of sp³-hybridized carbons (Fsp3) is 0.526. The number of benzene rings is 3. The van der Waals surface area contributed by atoms with Crippen LogP contribution in [0.1, 0.15) is 48.4 Å². The van der Waals surface area contributed by atoms with Gasteiger partial charge in [0.25, 0.3) is 0 Å². The highest BCUT2D eigenvalue weighted by atomic mass is 32.2. The minimum atomic E-state index is -3.86. The molecular weight excluding hydrogens is 644 g/mol. The third-order valence-corrected chi connectivity index (χ3v) is 11.0. The first-order chi connectivity index (χ1) is 23.7. The second kappa shape index (κ2) is 17.8. The molecule has 0 radical (unpaired) electrons. The maximum absolute atomic E-state index is 13.8. The molecule has 0 bridgehead atoms. The maximum Gasteiger partial charge on any atom is 0.243 e. The highest BCUT2D eigenvalue weighted by molar-refractivity contribution is 7.89. The minimum Gasteiger partial charge on any atom is -0.490 e. The van der Waals surface area contributed by atoms with Gasteiger partial charge in [0.05, 0.1) is 55.8 Å². The molecule has 49 heavy (non-hydrogen) atoms. The second-order valence-corrected chi connectivity index (χ2v) is 15.0. The normalized spacial score (nSPS) is 20.5. The van der Waals surface area contributed by atoms with Crippen molar-refractivity contribution in [3.63, 3.8) is 0 Å². The molecule has 0 spiro atoms. The van der Waals surface area contributed by atoms with Gasteiger partial charge in [-0.05, 0) is 61.2 Å². The largest absolute Gasteiger partial charge is 0.490 e. The molecule has 0 saturated carbocycles. The molecule has 1 fully saturated rings. The van der Waals surface area contributed by atoms with Crippen LogP contribution in [0.2, 0.25) is 0 Å². The number of rotatable bonds is 17. The molecule has 1 saturated heterocycles. The Hall–Kier alpha value is -3.03. The summed E-state index contributed by atoms with van der Waals surface area (Å²) < 4.78 is 58.1. The topological polar surface area (TPSA) is 107 Å². The quantitative estimate of drug-likeness (QED) is 0.192. The average molecular weight is 697 g/mol. The van der Waals surface area contributed by atoms with E-state index in [1.54, 1.807) is 31.4 Å². The predicted molar refractivity (Wildman–Crippen MR) is 190 cm³/mol. The lowest BCUT2D eigenvalue weighted by Gasteiger charge is -2.41. The minimum absolute atomic E-state index is 0.0318. The summed E-state index contributed by atoms with van der Waals surface area (Å²) in [5.74, 6) is 0.703. The first kappa shape index (κ1) is 37.2. The van der Waals surface area contributed by atoms with E-state index in [4.69, 9.17) is 23.7 Å². The van der Waals surface area contributed by atoms with Gasteiger partial charge in [-0.25, -0.2) is 8.42 Å². The molecule has 0 aliphatic carbocycles. The zero-order valence-corrected chi connectivity index (χ0v) is 30.1. The zero-order chi connectivity index (χ0) is 34.8. The van der Waals surface area contributed by atoms with E-state index < -0.39 is 28.1 Å². The Bertz CT molecular complexity index is 1570. The fourth-order valence-corrected chi connectivity index (χ4v) is 7.90. The van der Waals surface area contributed by atoms with Gasteiger partial charge in [0.15, 0.2) is 0 Å². The molecule has 2 aliphatic rings. The first-order valence-corrected chi connectivity index (χ1v) is 18.7. The van der Waals surface area contributed by atoms with E-state index in [9.17, 15) is 13.5 Å². The average Bonchev–Trinajstić information content (AvgIpc) is 3.10. The van der Waals surface area contributed by atoms with Crippen molar-refractivity contribution in [2.75, 3.05) is 71.2 Å². The number of β-amino-alcohol motifs (C(OH)–C–C–N with tert-alkyl or cyclic N) is 1. The summed E-state index contributed by atoms with van der Waals surface area (Å²) >= 11 is 0. The number of aliphatic hydroxyl groups excluding tert-OH is 1. The Morgan fingerprint density at radius 2 is 1.69 bits per heavy atom. The summed E-state index contributed by atoms with van der Waals surface area (Å²) in [6, 6.07) is 20.8. The molecular formula is C38H52N2O8S. The van der Waals surface area contributed by atoms with Crippen LogP contribution in [-0.4, -0.2) is 96.4 Å². The van der Waals surface area contributed by atoms with Crippen molar-refractivity contribution < 1.29 is 37.2 Å². The van der Waals surface area contributed by atoms with Crippen LogP contribution in [0, 0.1) is 12.8 Å². The van der Waals surface area contributed by atoms with Gasteiger partial charge in [-0.1, -0.05) is 55.0 Å². The van der Waals surface area contributed by atoms with E-state index in [1.165, 1.54) is 4.31 Å². The molecule has 0 amide bonds. The van der Waals surface area contributed by atoms with Crippen molar-refractivity contribution in [2.24, 2.45) is 5.92 Å². The Labute approximate surface area is 291 Å². The van der Waals surface area contributed by atoms with E-state index in [0.29, 0.717) is 45.6 Å². The van der Waals surface area contributed by atoms with E-state index in [-0.39, 0.29) is 24.6 Å². The van der Waals surface area contributed by atoms with Crippen LogP contribution in [0.3, 0.4) is 0 Å². The molecule has 11 heteroatoms. The summed E-state index contributed by atoms with van der Waals surface area (Å²) in [6.45, 7) is 11.7. The fourth-order valence-electron chi connectivity index (χ4n) is 6.43. The van der Waals surface area contributed by atoms with E-state index in [2.05, 4.69) is 17.9 Å². The van der Waals surface area contributed by atoms with Gasteiger partial charge in [0, 0.05) is 51.8 Å². The summed E-state index contributed by atoms with van der Waals surface area (Å²) in [7, 11) is -2.15. The van der Waals surface area contributed by atoms with E-state index in [1.807, 2.05) is 50.2 Å². The number of fused-ring (bicyclic) bond motifs is 1. The third kappa shape index (κ3) is 9.82. The number of ether oxygens (including phenoxy) is 5. The lowest BCUT2D eigenvalue weighted by Crippen LogP contribution is -2.53. The molecule has 3 aromatic rings. The number of methoxy groups -OCH3 is 1. The van der Waals surface area contributed by atoms with Gasteiger partial charge < -0.3 is 33.7 Å². The van der Waals surface area contributed by atoms with Gasteiger partial charge in [-0.3, -0.25) is 0 Å². The number of anilines is 1. The summed E-state index contributed by atoms with van der Waals surface area (Å²) in [6.07, 6.45) is -0.675. The zero-order valence-electron chi connectivity index (χ0n) is 29.3. The SMILES string of the molecule is CCOC[C@H](C)COCc1ccc([C@H]2[C@H](O)CN(S(=O)(=O)c3ccc(C)cc3)C[C@@H]2OCc2ccc3c(c2)N(CCCOC)CCO3)cc1. The Kier molecular flexibility index (Phi) is 13.5. The van der Waals surface area contributed by atoms with Gasteiger partial charge in [-0.2, -0.15) is 4.31 Å².